The van der Waals surface area contributed by atoms with Gasteiger partial charge in [0.2, 0.25) is 0 Å². The molecular weight excluding hydrogens is 204 g/mol. The zero-order valence-corrected chi connectivity index (χ0v) is 8.24. The van der Waals surface area contributed by atoms with Crippen LogP contribution in [0, 0.1) is 0 Å². The molecule has 0 saturated carbocycles. The van der Waals surface area contributed by atoms with Gasteiger partial charge in [0.25, 0.3) is 0 Å². The lowest BCUT2D eigenvalue weighted by molar-refractivity contribution is -0.0404. The van der Waals surface area contributed by atoms with E-state index in [0.29, 0.717) is 10.6 Å². The van der Waals surface area contributed by atoms with E-state index in [0.717, 1.165) is 0 Å². The lowest BCUT2D eigenvalue weighted by Crippen LogP contribution is -2.04. The molecular formula is C9H12O4S. The number of hydrogen-bond donors (Lipinski definition) is 4. The van der Waals surface area contributed by atoms with Crippen molar-refractivity contribution < 1.29 is 20.4 Å². The monoisotopic (exact) mass is 216 g/mol. The number of aliphatic hydroxyl groups excluding tert-OH is 1. The zero-order chi connectivity index (χ0) is 10.6. The molecule has 1 rings (SSSR count). The molecule has 0 aliphatic heterocycles. The molecule has 4 nitrogen and oxygen atoms in total. The quantitative estimate of drug-likeness (QED) is 0.341. The van der Waals surface area contributed by atoms with Crippen molar-refractivity contribution in [1.82, 2.24) is 0 Å². The fourth-order valence-corrected chi connectivity index (χ4v) is 1.86. The van der Waals surface area contributed by atoms with Crippen molar-refractivity contribution in [3.8, 4) is 11.5 Å². The van der Waals surface area contributed by atoms with Crippen molar-refractivity contribution >= 4 is 11.8 Å². The van der Waals surface area contributed by atoms with Crippen LogP contribution in [0.2, 0.25) is 0 Å². The molecule has 0 bridgehead atoms. The van der Waals surface area contributed by atoms with Crippen LogP contribution in [-0.2, 0) is 0 Å². The number of phenolic OH excluding ortho intramolecular Hbond substituents is 2. The Bertz CT molecular complexity index is 301. The van der Waals surface area contributed by atoms with E-state index >= 15 is 0 Å². The van der Waals surface area contributed by atoms with Gasteiger partial charge in [-0.05, 0) is 18.2 Å². The molecule has 0 saturated heterocycles. The van der Waals surface area contributed by atoms with E-state index in [1.165, 1.54) is 30.0 Å². The van der Waals surface area contributed by atoms with Crippen molar-refractivity contribution in [3.05, 3.63) is 18.2 Å². The smallest absolute Gasteiger partial charge is 0.152 e. The Morgan fingerprint density at radius 1 is 1.21 bits per heavy atom. The van der Waals surface area contributed by atoms with Crippen LogP contribution >= 0.6 is 11.8 Å². The third-order valence-electron chi connectivity index (χ3n) is 1.58. The van der Waals surface area contributed by atoms with Gasteiger partial charge in [-0.15, -0.1) is 11.8 Å². The lowest BCUT2D eigenvalue weighted by atomic mass is 10.3. The van der Waals surface area contributed by atoms with Crippen LogP contribution in [0.1, 0.15) is 6.42 Å². The molecule has 0 aliphatic carbocycles. The first-order valence-corrected chi connectivity index (χ1v) is 5.09. The van der Waals surface area contributed by atoms with Crippen molar-refractivity contribution in [2.24, 2.45) is 0 Å². The Morgan fingerprint density at radius 3 is 2.57 bits per heavy atom. The summed E-state index contributed by atoms with van der Waals surface area (Å²) in [6.07, 6.45) is -1.11. The Labute approximate surface area is 85.8 Å². The molecule has 1 aromatic rings. The fraction of sp³-hybridized carbons (Fsp3) is 0.333. The maximum Gasteiger partial charge on any atom is 0.152 e. The third-order valence-corrected chi connectivity index (χ3v) is 2.65. The summed E-state index contributed by atoms with van der Waals surface area (Å²) in [6.45, 7) is 0. The van der Waals surface area contributed by atoms with Crippen LogP contribution in [0.15, 0.2) is 23.1 Å². The Balaban J connectivity index is 2.53. The summed E-state index contributed by atoms with van der Waals surface area (Å²) in [7, 11) is 0. The number of aliphatic hydroxyl groups is 2. The minimum absolute atomic E-state index is 0.0786. The molecule has 0 radical (unpaired) electrons. The largest absolute Gasteiger partial charge is 0.508 e. The van der Waals surface area contributed by atoms with Crippen LogP contribution < -0.4 is 0 Å². The van der Waals surface area contributed by atoms with E-state index in [1.54, 1.807) is 0 Å². The van der Waals surface area contributed by atoms with Gasteiger partial charge in [0.15, 0.2) is 6.29 Å². The average Bonchev–Trinajstić information content (AvgIpc) is 2.10. The Kier molecular flexibility index (Phi) is 4.06. The first kappa shape index (κ1) is 11.2. The molecule has 0 aliphatic rings. The van der Waals surface area contributed by atoms with Gasteiger partial charge in [-0.1, -0.05) is 0 Å². The maximum atomic E-state index is 9.34. The molecule has 1 aromatic carbocycles. The summed E-state index contributed by atoms with van der Waals surface area (Å²) in [5.41, 5.74) is 0. The van der Waals surface area contributed by atoms with Crippen molar-refractivity contribution in [2.45, 2.75) is 17.6 Å². The van der Waals surface area contributed by atoms with Gasteiger partial charge < -0.3 is 20.4 Å². The fourth-order valence-electron chi connectivity index (χ4n) is 0.893. The summed E-state index contributed by atoms with van der Waals surface area (Å²) < 4.78 is 0. The van der Waals surface area contributed by atoms with Gasteiger partial charge in [-0.25, -0.2) is 0 Å². The van der Waals surface area contributed by atoms with E-state index in [4.69, 9.17) is 15.3 Å². The first-order valence-electron chi connectivity index (χ1n) is 4.10. The van der Waals surface area contributed by atoms with Gasteiger partial charge in [0.05, 0.1) is 4.90 Å². The predicted molar refractivity (Wildman–Crippen MR) is 53.3 cm³/mol. The highest BCUT2D eigenvalue weighted by Crippen LogP contribution is 2.31. The third kappa shape index (κ3) is 3.45. The van der Waals surface area contributed by atoms with Crippen molar-refractivity contribution in [1.29, 1.82) is 0 Å². The highest BCUT2D eigenvalue weighted by atomic mass is 32.2. The second kappa shape index (κ2) is 5.09. The van der Waals surface area contributed by atoms with Gasteiger partial charge in [-0.3, -0.25) is 0 Å². The van der Waals surface area contributed by atoms with Crippen LogP contribution in [0.5, 0.6) is 11.5 Å². The number of thioether (sulfide) groups is 1. The standard InChI is InChI=1S/C9H12O4S/c10-6-1-2-7(11)8(5-6)14-4-3-9(12)13/h1-2,5,9-13H,3-4H2. The Hall–Kier alpha value is -0.910. The Morgan fingerprint density at radius 2 is 1.93 bits per heavy atom. The summed E-state index contributed by atoms with van der Waals surface area (Å²) in [6, 6.07) is 4.22. The molecule has 78 valence electrons. The predicted octanol–water partition coefficient (Wildman–Crippen LogP) is 0.891. The van der Waals surface area contributed by atoms with Crippen LogP contribution in [0.25, 0.3) is 0 Å². The molecule has 0 heterocycles. The summed E-state index contributed by atoms with van der Waals surface area (Å²) in [5.74, 6) is 0.629. The molecule has 0 unspecified atom stereocenters. The summed E-state index contributed by atoms with van der Waals surface area (Å²) in [5, 5.41) is 35.6. The molecule has 5 heteroatoms. The van der Waals surface area contributed by atoms with E-state index in [-0.39, 0.29) is 17.9 Å². The van der Waals surface area contributed by atoms with E-state index in [1.807, 2.05) is 0 Å². The highest BCUT2D eigenvalue weighted by molar-refractivity contribution is 7.99. The number of aromatic hydroxyl groups is 2. The second-order valence-corrected chi connectivity index (χ2v) is 3.91. The van der Waals surface area contributed by atoms with Crippen LogP contribution in [0.3, 0.4) is 0 Å². The number of hydrogen-bond acceptors (Lipinski definition) is 5. The highest BCUT2D eigenvalue weighted by Gasteiger charge is 2.04. The number of benzene rings is 1. The van der Waals surface area contributed by atoms with Crippen molar-refractivity contribution in [3.63, 3.8) is 0 Å². The van der Waals surface area contributed by atoms with Gasteiger partial charge in [0, 0.05) is 12.2 Å². The van der Waals surface area contributed by atoms with Crippen LogP contribution in [0.4, 0.5) is 0 Å². The van der Waals surface area contributed by atoms with Crippen molar-refractivity contribution in [2.75, 3.05) is 5.75 Å². The lowest BCUT2D eigenvalue weighted by Gasteiger charge is -2.05. The number of rotatable bonds is 4. The topological polar surface area (TPSA) is 80.9 Å². The van der Waals surface area contributed by atoms with Gasteiger partial charge in [-0.2, -0.15) is 0 Å². The summed E-state index contributed by atoms with van der Waals surface area (Å²) >= 11 is 1.26. The van der Waals surface area contributed by atoms with E-state index in [9.17, 15) is 5.11 Å². The van der Waals surface area contributed by atoms with Gasteiger partial charge in [0.1, 0.15) is 11.5 Å². The molecule has 0 aromatic heterocycles. The molecule has 4 N–H and O–H groups in total. The molecule has 0 spiro atoms. The average molecular weight is 216 g/mol. The normalized spacial score (nSPS) is 10.8. The van der Waals surface area contributed by atoms with Gasteiger partial charge >= 0.3 is 0 Å². The van der Waals surface area contributed by atoms with Crippen LogP contribution in [-0.4, -0.2) is 32.5 Å². The van der Waals surface area contributed by atoms with E-state index in [2.05, 4.69) is 0 Å². The van der Waals surface area contributed by atoms with E-state index < -0.39 is 6.29 Å². The molecule has 0 atom stereocenters. The SMILES string of the molecule is Oc1ccc(O)c(SCCC(O)O)c1. The zero-order valence-electron chi connectivity index (χ0n) is 7.42. The molecule has 14 heavy (non-hydrogen) atoms. The maximum absolute atomic E-state index is 9.34. The molecule has 0 amide bonds. The minimum Gasteiger partial charge on any atom is -0.508 e. The summed E-state index contributed by atoms with van der Waals surface area (Å²) in [4.78, 5) is 0.533. The second-order valence-electron chi connectivity index (χ2n) is 2.77. The first-order chi connectivity index (χ1) is 6.59. The minimum atomic E-state index is -1.33. The number of phenols is 2. The molecule has 0 fully saturated rings.